The highest BCUT2D eigenvalue weighted by molar-refractivity contribution is 5.60. The second-order valence-corrected chi connectivity index (χ2v) is 4.60. The third-order valence-electron chi connectivity index (χ3n) is 3.21. The zero-order chi connectivity index (χ0) is 14.5. The average molecular weight is 272 g/mol. The number of hydrogen-bond donors (Lipinski definition) is 1. The van der Waals surface area contributed by atoms with Crippen molar-refractivity contribution in [3.8, 4) is 17.0 Å². The fraction of sp³-hybridized carbons (Fsp3) is 0.312. The number of rotatable bonds is 5. The summed E-state index contributed by atoms with van der Waals surface area (Å²) in [6.07, 6.45) is 0. The van der Waals surface area contributed by atoms with Crippen LogP contribution in [0.1, 0.15) is 12.5 Å². The predicted octanol–water partition coefficient (Wildman–Crippen LogP) is 2.17. The molecule has 4 nitrogen and oxygen atoms in total. The number of aromatic nitrogens is 1. The first kappa shape index (κ1) is 14.3. The second-order valence-electron chi connectivity index (χ2n) is 4.60. The molecule has 0 amide bonds. The molecule has 2 aromatic rings. The Hall–Kier alpha value is -2.07. The topological polar surface area (TPSA) is 43.3 Å². The molecule has 0 atom stereocenters. The molecule has 106 valence electrons. The van der Waals surface area contributed by atoms with E-state index < -0.39 is 0 Å². The molecule has 0 unspecified atom stereocenters. The van der Waals surface area contributed by atoms with E-state index in [1.807, 2.05) is 50.4 Å². The van der Waals surface area contributed by atoms with Gasteiger partial charge in [0.1, 0.15) is 5.75 Å². The van der Waals surface area contributed by atoms with Crippen LogP contribution < -0.4 is 15.6 Å². The van der Waals surface area contributed by atoms with E-state index in [0.29, 0.717) is 13.2 Å². The lowest BCUT2D eigenvalue weighted by atomic mass is 10.1. The van der Waals surface area contributed by atoms with Crippen LogP contribution in [0.5, 0.6) is 5.75 Å². The summed E-state index contributed by atoms with van der Waals surface area (Å²) in [4.78, 5) is 12.2. The summed E-state index contributed by atoms with van der Waals surface area (Å²) >= 11 is 0. The Balaban J connectivity index is 2.38. The summed E-state index contributed by atoms with van der Waals surface area (Å²) < 4.78 is 7.11. The van der Waals surface area contributed by atoms with Crippen molar-refractivity contribution in [1.82, 2.24) is 9.88 Å². The summed E-state index contributed by atoms with van der Waals surface area (Å²) in [7, 11) is 3.63. The highest BCUT2D eigenvalue weighted by Crippen LogP contribution is 2.21. The maximum Gasteiger partial charge on any atom is 0.255 e. The van der Waals surface area contributed by atoms with Crippen molar-refractivity contribution in [3.63, 3.8) is 0 Å². The molecule has 1 heterocycles. The molecule has 0 saturated carbocycles. The Labute approximate surface area is 119 Å². The minimum absolute atomic E-state index is 0.0331. The van der Waals surface area contributed by atoms with Gasteiger partial charge < -0.3 is 14.6 Å². The Morgan fingerprint density at radius 1 is 1.15 bits per heavy atom. The van der Waals surface area contributed by atoms with E-state index in [1.54, 1.807) is 11.6 Å². The fourth-order valence-electron chi connectivity index (χ4n) is 2.19. The summed E-state index contributed by atoms with van der Waals surface area (Å²) in [5, 5.41) is 3.00. The minimum atomic E-state index is 0.0331. The minimum Gasteiger partial charge on any atom is -0.494 e. The molecule has 0 aliphatic heterocycles. The lowest BCUT2D eigenvalue weighted by Gasteiger charge is -2.11. The smallest absolute Gasteiger partial charge is 0.255 e. The standard InChI is InChI=1S/C16H20N2O2/c1-4-20-14-8-5-12(6-9-14)15-10-7-13(11-17-2)16(19)18(15)3/h5-10,17H,4,11H2,1-3H3. The van der Waals surface area contributed by atoms with Crippen LogP contribution in [-0.2, 0) is 13.6 Å². The number of hydrogen-bond acceptors (Lipinski definition) is 3. The molecule has 2 rings (SSSR count). The molecule has 20 heavy (non-hydrogen) atoms. The number of ether oxygens (including phenoxy) is 1. The molecule has 0 bridgehead atoms. The molecular formula is C16H20N2O2. The van der Waals surface area contributed by atoms with Gasteiger partial charge in [-0.05, 0) is 49.9 Å². The van der Waals surface area contributed by atoms with Crippen molar-refractivity contribution in [2.75, 3.05) is 13.7 Å². The maximum atomic E-state index is 12.2. The van der Waals surface area contributed by atoms with Crippen LogP contribution in [0.4, 0.5) is 0 Å². The van der Waals surface area contributed by atoms with Gasteiger partial charge >= 0.3 is 0 Å². The molecule has 0 aliphatic carbocycles. The van der Waals surface area contributed by atoms with E-state index in [4.69, 9.17) is 4.74 Å². The highest BCUT2D eigenvalue weighted by atomic mass is 16.5. The summed E-state index contributed by atoms with van der Waals surface area (Å²) in [6, 6.07) is 11.6. The van der Waals surface area contributed by atoms with Crippen LogP contribution in [0.25, 0.3) is 11.3 Å². The monoisotopic (exact) mass is 272 g/mol. The number of nitrogens with one attached hydrogen (secondary N) is 1. The van der Waals surface area contributed by atoms with Gasteiger partial charge in [0.05, 0.1) is 12.3 Å². The first-order chi connectivity index (χ1) is 9.67. The van der Waals surface area contributed by atoms with E-state index in [1.165, 1.54) is 0 Å². The normalized spacial score (nSPS) is 10.6. The highest BCUT2D eigenvalue weighted by Gasteiger charge is 2.07. The molecule has 0 saturated heterocycles. The van der Waals surface area contributed by atoms with Gasteiger partial charge in [0.15, 0.2) is 0 Å². The van der Waals surface area contributed by atoms with Gasteiger partial charge in [0.2, 0.25) is 0 Å². The molecule has 4 heteroatoms. The van der Waals surface area contributed by atoms with Gasteiger partial charge in [-0.15, -0.1) is 0 Å². The van der Waals surface area contributed by atoms with Gasteiger partial charge in [-0.3, -0.25) is 4.79 Å². The molecule has 0 spiro atoms. The zero-order valence-electron chi connectivity index (χ0n) is 12.1. The van der Waals surface area contributed by atoms with Crippen molar-refractivity contribution in [1.29, 1.82) is 0 Å². The largest absolute Gasteiger partial charge is 0.494 e. The first-order valence-corrected chi connectivity index (χ1v) is 6.74. The third-order valence-corrected chi connectivity index (χ3v) is 3.21. The van der Waals surface area contributed by atoms with Crippen molar-refractivity contribution in [2.24, 2.45) is 7.05 Å². The molecule has 0 fully saturated rings. The van der Waals surface area contributed by atoms with Crippen molar-refractivity contribution < 1.29 is 4.74 Å². The number of nitrogens with zero attached hydrogens (tertiary/aromatic N) is 1. The van der Waals surface area contributed by atoms with Gasteiger partial charge in [-0.2, -0.15) is 0 Å². The maximum absolute atomic E-state index is 12.2. The molecule has 1 aromatic heterocycles. The van der Waals surface area contributed by atoms with E-state index in [2.05, 4.69) is 5.32 Å². The summed E-state index contributed by atoms with van der Waals surface area (Å²) in [5.74, 6) is 0.841. The molecule has 0 aliphatic rings. The van der Waals surface area contributed by atoms with Crippen LogP contribution in [-0.4, -0.2) is 18.2 Å². The van der Waals surface area contributed by atoms with E-state index in [-0.39, 0.29) is 5.56 Å². The Bertz CT molecular complexity index is 630. The quantitative estimate of drug-likeness (QED) is 0.907. The Morgan fingerprint density at radius 2 is 1.85 bits per heavy atom. The first-order valence-electron chi connectivity index (χ1n) is 6.74. The predicted molar refractivity (Wildman–Crippen MR) is 81.1 cm³/mol. The third kappa shape index (κ3) is 2.91. The van der Waals surface area contributed by atoms with Crippen LogP contribution in [0.2, 0.25) is 0 Å². The molecule has 0 radical (unpaired) electrons. The van der Waals surface area contributed by atoms with Gasteiger partial charge in [-0.1, -0.05) is 6.07 Å². The molecule has 1 N–H and O–H groups in total. The van der Waals surface area contributed by atoms with Gasteiger partial charge in [0.25, 0.3) is 5.56 Å². The summed E-state index contributed by atoms with van der Waals surface area (Å²) in [6.45, 7) is 3.19. The number of benzene rings is 1. The Morgan fingerprint density at radius 3 is 2.45 bits per heavy atom. The van der Waals surface area contributed by atoms with Crippen molar-refractivity contribution in [2.45, 2.75) is 13.5 Å². The molecule has 1 aromatic carbocycles. The van der Waals surface area contributed by atoms with Crippen LogP contribution in [0.15, 0.2) is 41.2 Å². The lowest BCUT2D eigenvalue weighted by molar-refractivity contribution is 0.340. The van der Waals surface area contributed by atoms with Crippen LogP contribution in [0.3, 0.4) is 0 Å². The second kappa shape index (κ2) is 6.39. The summed E-state index contributed by atoms with van der Waals surface area (Å²) in [5.41, 5.74) is 2.71. The van der Waals surface area contributed by atoms with Crippen LogP contribution in [0, 0.1) is 0 Å². The van der Waals surface area contributed by atoms with E-state index in [0.717, 1.165) is 22.6 Å². The van der Waals surface area contributed by atoms with Gasteiger partial charge in [-0.25, -0.2) is 0 Å². The van der Waals surface area contributed by atoms with Crippen molar-refractivity contribution in [3.05, 3.63) is 52.3 Å². The lowest BCUT2D eigenvalue weighted by Crippen LogP contribution is -2.25. The SMILES string of the molecule is CCOc1ccc(-c2ccc(CNC)c(=O)n2C)cc1. The van der Waals surface area contributed by atoms with E-state index in [9.17, 15) is 4.79 Å². The zero-order valence-corrected chi connectivity index (χ0v) is 12.1. The van der Waals surface area contributed by atoms with Crippen molar-refractivity contribution >= 4 is 0 Å². The fourth-order valence-corrected chi connectivity index (χ4v) is 2.19. The molecular weight excluding hydrogens is 252 g/mol. The average Bonchev–Trinajstić information content (AvgIpc) is 2.46. The van der Waals surface area contributed by atoms with Gasteiger partial charge in [0, 0.05) is 19.2 Å². The Kier molecular flexibility index (Phi) is 4.58. The van der Waals surface area contributed by atoms with Crippen LogP contribution >= 0.6 is 0 Å². The van der Waals surface area contributed by atoms with E-state index >= 15 is 0 Å². The number of pyridine rings is 1.